The molecular weight excluding hydrogens is 272 g/mol. The standard InChI is InChI=1S/C17H17F2NO/c1-11-6-13(4-5-16(11)19)7-14-8-15(18)9-17(12(14)2)20(3)10-21/h4-6,8-10H,7H2,1-3H3. The van der Waals surface area contributed by atoms with E-state index in [-0.39, 0.29) is 5.82 Å². The van der Waals surface area contributed by atoms with Crippen molar-refractivity contribution in [1.82, 2.24) is 0 Å². The van der Waals surface area contributed by atoms with Crippen molar-refractivity contribution in [2.24, 2.45) is 0 Å². The molecule has 0 aliphatic heterocycles. The maximum Gasteiger partial charge on any atom is 0.213 e. The summed E-state index contributed by atoms with van der Waals surface area (Å²) in [5.41, 5.74) is 3.63. The van der Waals surface area contributed by atoms with Crippen molar-refractivity contribution < 1.29 is 13.6 Å². The second-order valence-electron chi connectivity index (χ2n) is 5.19. The van der Waals surface area contributed by atoms with Crippen LogP contribution in [0.5, 0.6) is 0 Å². The molecule has 0 heterocycles. The molecule has 0 saturated heterocycles. The van der Waals surface area contributed by atoms with Crippen molar-refractivity contribution in [3.05, 3.63) is 64.2 Å². The summed E-state index contributed by atoms with van der Waals surface area (Å²) >= 11 is 0. The number of anilines is 1. The van der Waals surface area contributed by atoms with Gasteiger partial charge in [-0.1, -0.05) is 12.1 Å². The molecule has 0 atom stereocenters. The third-order valence-electron chi connectivity index (χ3n) is 3.61. The van der Waals surface area contributed by atoms with Gasteiger partial charge < -0.3 is 4.90 Å². The van der Waals surface area contributed by atoms with Crippen LogP contribution in [0.2, 0.25) is 0 Å². The van der Waals surface area contributed by atoms with Gasteiger partial charge in [-0.3, -0.25) is 4.79 Å². The Morgan fingerprint density at radius 1 is 1.14 bits per heavy atom. The van der Waals surface area contributed by atoms with E-state index in [0.717, 1.165) is 16.7 Å². The fourth-order valence-corrected chi connectivity index (χ4v) is 2.36. The molecule has 0 aliphatic rings. The second kappa shape index (κ2) is 6.04. The number of hydrogen-bond donors (Lipinski definition) is 0. The number of amides is 1. The van der Waals surface area contributed by atoms with Gasteiger partial charge in [-0.15, -0.1) is 0 Å². The number of halogens is 2. The minimum Gasteiger partial charge on any atom is -0.318 e. The zero-order valence-corrected chi connectivity index (χ0v) is 12.3. The monoisotopic (exact) mass is 289 g/mol. The molecule has 2 aromatic rings. The Morgan fingerprint density at radius 3 is 2.48 bits per heavy atom. The molecule has 1 amide bonds. The molecule has 0 fully saturated rings. The van der Waals surface area contributed by atoms with Gasteiger partial charge in [-0.25, -0.2) is 8.78 Å². The second-order valence-corrected chi connectivity index (χ2v) is 5.19. The molecule has 2 rings (SSSR count). The highest BCUT2D eigenvalue weighted by Gasteiger charge is 2.11. The predicted octanol–water partition coefficient (Wildman–Crippen LogP) is 3.77. The number of carbonyl (C=O) groups excluding carboxylic acids is 1. The van der Waals surface area contributed by atoms with Crippen molar-refractivity contribution in [2.75, 3.05) is 11.9 Å². The molecule has 0 bridgehead atoms. The Kier molecular flexibility index (Phi) is 4.36. The lowest BCUT2D eigenvalue weighted by molar-refractivity contribution is -0.107. The summed E-state index contributed by atoms with van der Waals surface area (Å²) in [6.07, 6.45) is 1.14. The lowest BCUT2D eigenvalue weighted by Crippen LogP contribution is -2.16. The first-order valence-corrected chi connectivity index (χ1v) is 6.64. The molecule has 2 nitrogen and oxygen atoms in total. The van der Waals surface area contributed by atoms with Crippen LogP contribution in [-0.4, -0.2) is 13.5 Å². The average molecular weight is 289 g/mol. The van der Waals surface area contributed by atoms with Gasteiger partial charge in [0.1, 0.15) is 11.6 Å². The molecule has 0 aromatic heterocycles. The van der Waals surface area contributed by atoms with Crippen LogP contribution in [0.15, 0.2) is 30.3 Å². The van der Waals surface area contributed by atoms with Crippen LogP contribution < -0.4 is 4.90 Å². The molecule has 0 radical (unpaired) electrons. The third-order valence-corrected chi connectivity index (χ3v) is 3.61. The highest BCUT2D eigenvalue weighted by atomic mass is 19.1. The van der Waals surface area contributed by atoms with Crippen molar-refractivity contribution in [1.29, 1.82) is 0 Å². The van der Waals surface area contributed by atoms with E-state index in [9.17, 15) is 13.6 Å². The molecule has 0 aliphatic carbocycles. The number of nitrogens with zero attached hydrogens (tertiary/aromatic N) is 1. The van der Waals surface area contributed by atoms with Crippen LogP contribution in [0.25, 0.3) is 0 Å². The van der Waals surface area contributed by atoms with Gasteiger partial charge in [0.15, 0.2) is 0 Å². The Bertz CT molecular complexity index is 683. The van der Waals surface area contributed by atoms with E-state index < -0.39 is 5.82 Å². The first-order valence-electron chi connectivity index (χ1n) is 6.64. The summed E-state index contributed by atoms with van der Waals surface area (Å²) < 4.78 is 27.0. The lowest BCUT2D eigenvalue weighted by Gasteiger charge is -2.17. The summed E-state index contributed by atoms with van der Waals surface area (Å²) in [4.78, 5) is 12.2. The zero-order valence-electron chi connectivity index (χ0n) is 12.3. The molecule has 0 spiro atoms. The van der Waals surface area contributed by atoms with E-state index in [1.54, 1.807) is 26.1 Å². The Morgan fingerprint density at radius 2 is 1.86 bits per heavy atom. The van der Waals surface area contributed by atoms with Gasteiger partial charge in [0.25, 0.3) is 0 Å². The number of hydrogen-bond acceptors (Lipinski definition) is 1. The Hall–Kier alpha value is -2.23. The molecule has 2 aromatic carbocycles. The van der Waals surface area contributed by atoms with E-state index >= 15 is 0 Å². The fourth-order valence-electron chi connectivity index (χ4n) is 2.36. The number of benzene rings is 2. The van der Waals surface area contributed by atoms with E-state index in [1.165, 1.54) is 23.1 Å². The van der Waals surface area contributed by atoms with Crippen LogP contribution >= 0.6 is 0 Å². The van der Waals surface area contributed by atoms with Crippen LogP contribution in [0, 0.1) is 25.5 Å². The largest absolute Gasteiger partial charge is 0.318 e. The highest BCUT2D eigenvalue weighted by molar-refractivity contribution is 5.76. The van der Waals surface area contributed by atoms with Gasteiger partial charge >= 0.3 is 0 Å². The highest BCUT2D eigenvalue weighted by Crippen LogP contribution is 2.26. The van der Waals surface area contributed by atoms with E-state index in [0.29, 0.717) is 24.1 Å². The maximum atomic E-state index is 13.7. The van der Waals surface area contributed by atoms with Crippen LogP contribution in [0.3, 0.4) is 0 Å². The van der Waals surface area contributed by atoms with Crippen LogP contribution in [-0.2, 0) is 11.2 Å². The van der Waals surface area contributed by atoms with Crippen LogP contribution in [0.1, 0.15) is 22.3 Å². The molecule has 110 valence electrons. The van der Waals surface area contributed by atoms with Gasteiger partial charge in [0.05, 0.1) is 0 Å². The van der Waals surface area contributed by atoms with E-state index in [2.05, 4.69) is 0 Å². The SMILES string of the molecule is Cc1cc(Cc2cc(F)cc(N(C)C=O)c2C)ccc1F. The summed E-state index contributed by atoms with van der Waals surface area (Å²) in [7, 11) is 1.58. The van der Waals surface area contributed by atoms with Gasteiger partial charge in [0.2, 0.25) is 6.41 Å². The summed E-state index contributed by atoms with van der Waals surface area (Å²) in [5, 5.41) is 0. The maximum absolute atomic E-state index is 13.7. The Labute approximate surface area is 123 Å². The molecule has 4 heteroatoms. The normalized spacial score (nSPS) is 10.5. The number of carbonyl (C=O) groups is 1. The van der Waals surface area contributed by atoms with Crippen molar-refractivity contribution in [3.63, 3.8) is 0 Å². The predicted molar refractivity (Wildman–Crippen MR) is 79.5 cm³/mol. The first kappa shape index (κ1) is 15.2. The zero-order chi connectivity index (χ0) is 15.6. The summed E-state index contributed by atoms with van der Waals surface area (Å²) in [6.45, 7) is 3.54. The molecule has 0 N–H and O–H groups in total. The topological polar surface area (TPSA) is 20.3 Å². The minimum atomic E-state index is -0.391. The van der Waals surface area contributed by atoms with E-state index in [4.69, 9.17) is 0 Å². The molecule has 0 unspecified atom stereocenters. The fraction of sp³-hybridized carbons (Fsp3) is 0.235. The molecule has 0 saturated carbocycles. The van der Waals surface area contributed by atoms with Crippen molar-refractivity contribution in [2.45, 2.75) is 20.3 Å². The van der Waals surface area contributed by atoms with Gasteiger partial charge in [-0.05, 0) is 60.7 Å². The lowest BCUT2D eigenvalue weighted by atomic mass is 9.97. The quantitative estimate of drug-likeness (QED) is 0.785. The smallest absolute Gasteiger partial charge is 0.213 e. The van der Waals surface area contributed by atoms with Crippen molar-refractivity contribution >= 4 is 12.1 Å². The van der Waals surface area contributed by atoms with Crippen molar-refractivity contribution in [3.8, 4) is 0 Å². The summed E-state index contributed by atoms with van der Waals surface area (Å²) in [5.74, 6) is -0.644. The molecule has 21 heavy (non-hydrogen) atoms. The molecular formula is C17H17F2NO. The Balaban J connectivity index is 2.41. The third kappa shape index (κ3) is 3.27. The van der Waals surface area contributed by atoms with Gasteiger partial charge in [0, 0.05) is 12.7 Å². The average Bonchev–Trinajstić information content (AvgIpc) is 2.45. The van der Waals surface area contributed by atoms with Crippen LogP contribution in [0.4, 0.5) is 14.5 Å². The minimum absolute atomic E-state index is 0.254. The summed E-state index contributed by atoms with van der Waals surface area (Å²) in [6, 6.07) is 7.65. The number of aryl methyl sites for hydroxylation is 1. The van der Waals surface area contributed by atoms with E-state index in [1.807, 2.05) is 6.92 Å². The first-order chi connectivity index (χ1) is 9.92. The number of rotatable bonds is 4. The van der Waals surface area contributed by atoms with Gasteiger partial charge in [-0.2, -0.15) is 0 Å².